The molecule has 1 fully saturated rings. The average Bonchev–Trinajstić information content (AvgIpc) is 2.88. The number of anilines is 1. The summed E-state index contributed by atoms with van der Waals surface area (Å²) in [5.74, 6) is -0.885. The number of urea groups is 1. The zero-order chi connectivity index (χ0) is 17.9. The van der Waals surface area contributed by atoms with Crippen LogP contribution in [0.1, 0.15) is 18.9 Å². The van der Waals surface area contributed by atoms with Crippen LogP contribution in [-0.4, -0.2) is 34.3 Å². The van der Waals surface area contributed by atoms with Gasteiger partial charge in [-0.3, -0.25) is 19.5 Å². The van der Waals surface area contributed by atoms with E-state index in [2.05, 4.69) is 15.6 Å². The number of pyridine rings is 1. The Balaban J connectivity index is 1.78. The highest BCUT2D eigenvalue weighted by molar-refractivity contribution is 6.10. The first-order chi connectivity index (χ1) is 12.1. The van der Waals surface area contributed by atoms with Gasteiger partial charge in [-0.05, 0) is 24.1 Å². The number of hydrogen-bond donors (Lipinski definition) is 2. The van der Waals surface area contributed by atoms with Crippen molar-refractivity contribution in [2.24, 2.45) is 0 Å². The Kier molecular flexibility index (Phi) is 4.47. The van der Waals surface area contributed by atoms with E-state index < -0.39 is 23.4 Å². The Hall–Kier alpha value is -3.22. The van der Waals surface area contributed by atoms with E-state index in [0.29, 0.717) is 17.7 Å². The third-order valence-corrected chi connectivity index (χ3v) is 4.22. The summed E-state index contributed by atoms with van der Waals surface area (Å²) in [7, 11) is 0. The van der Waals surface area contributed by atoms with E-state index in [1.807, 2.05) is 25.1 Å². The second-order valence-electron chi connectivity index (χ2n) is 5.74. The minimum atomic E-state index is -1.13. The van der Waals surface area contributed by atoms with Crippen LogP contribution in [0.2, 0.25) is 0 Å². The third-order valence-electron chi connectivity index (χ3n) is 4.22. The fourth-order valence-electron chi connectivity index (χ4n) is 2.91. The van der Waals surface area contributed by atoms with Crippen LogP contribution < -0.4 is 10.6 Å². The molecule has 128 valence electrons. The van der Waals surface area contributed by atoms with Crippen LogP contribution in [-0.2, 0) is 15.1 Å². The van der Waals surface area contributed by atoms with E-state index in [-0.39, 0.29) is 6.54 Å². The molecule has 0 bridgehead atoms. The maximum atomic E-state index is 12.9. The first-order valence-electron chi connectivity index (χ1n) is 7.96. The molecule has 2 heterocycles. The molecular formula is C18H18N4O3. The maximum Gasteiger partial charge on any atom is 0.325 e. The lowest BCUT2D eigenvalue weighted by atomic mass is 9.87. The van der Waals surface area contributed by atoms with Crippen LogP contribution >= 0.6 is 0 Å². The molecular weight excluding hydrogens is 320 g/mol. The molecule has 0 aliphatic carbocycles. The summed E-state index contributed by atoms with van der Waals surface area (Å²) in [6.45, 7) is 1.47. The zero-order valence-electron chi connectivity index (χ0n) is 13.7. The van der Waals surface area contributed by atoms with Crippen molar-refractivity contribution in [3.8, 4) is 0 Å². The number of nitrogens with zero attached hydrogens (tertiary/aromatic N) is 2. The minimum Gasteiger partial charge on any atom is -0.323 e. The number of carbonyl (C=O) groups is 3. The molecule has 4 amide bonds. The van der Waals surface area contributed by atoms with Crippen LogP contribution in [0.15, 0.2) is 54.9 Å². The van der Waals surface area contributed by atoms with Gasteiger partial charge in [-0.25, -0.2) is 4.79 Å². The molecule has 1 aliphatic heterocycles. The van der Waals surface area contributed by atoms with E-state index in [9.17, 15) is 14.4 Å². The number of hydrogen-bond acceptors (Lipinski definition) is 4. The van der Waals surface area contributed by atoms with Gasteiger partial charge in [-0.15, -0.1) is 0 Å². The average molecular weight is 338 g/mol. The van der Waals surface area contributed by atoms with Crippen LogP contribution in [0.3, 0.4) is 0 Å². The van der Waals surface area contributed by atoms with Crippen LogP contribution in [0.5, 0.6) is 0 Å². The molecule has 2 aromatic rings. The summed E-state index contributed by atoms with van der Waals surface area (Å²) in [6.07, 6.45) is 3.47. The van der Waals surface area contributed by atoms with Crippen molar-refractivity contribution in [1.82, 2.24) is 15.2 Å². The van der Waals surface area contributed by atoms with Gasteiger partial charge >= 0.3 is 6.03 Å². The van der Waals surface area contributed by atoms with E-state index in [0.717, 1.165) is 4.90 Å². The van der Waals surface area contributed by atoms with Crippen molar-refractivity contribution in [3.63, 3.8) is 0 Å². The van der Waals surface area contributed by atoms with Gasteiger partial charge in [0, 0.05) is 6.20 Å². The highest BCUT2D eigenvalue weighted by Crippen LogP contribution is 2.32. The van der Waals surface area contributed by atoms with Gasteiger partial charge in [-0.1, -0.05) is 37.3 Å². The highest BCUT2D eigenvalue weighted by atomic mass is 16.2. The molecule has 1 aliphatic rings. The molecule has 0 spiro atoms. The second-order valence-corrected chi connectivity index (χ2v) is 5.74. The molecule has 0 saturated carbocycles. The van der Waals surface area contributed by atoms with Crippen molar-refractivity contribution < 1.29 is 14.4 Å². The number of amides is 4. The normalized spacial score (nSPS) is 19.6. The highest BCUT2D eigenvalue weighted by Gasteiger charge is 2.51. The summed E-state index contributed by atoms with van der Waals surface area (Å²) < 4.78 is 0. The standard InChI is InChI=1S/C18H18N4O3/c1-2-18(13-7-4-3-5-8-13)16(24)22(17(25)21-18)12-15(23)20-14-9-6-10-19-11-14/h3-11H,2,12H2,1H3,(H,20,23)(H,21,25). The summed E-state index contributed by atoms with van der Waals surface area (Å²) in [6, 6.07) is 11.8. The van der Waals surface area contributed by atoms with Crippen LogP contribution in [0.4, 0.5) is 10.5 Å². The SMILES string of the molecule is CCC1(c2ccccc2)NC(=O)N(CC(=O)Nc2cccnc2)C1=O. The van der Waals surface area contributed by atoms with E-state index in [1.165, 1.54) is 6.20 Å². The maximum absolute atomic E-state index is 12.9. The largest absolute Gasteiger partial charge is 0.325 e. The molecule has 2 N–H and O–H groups in total. The van der Waals surface area contributed by atoms with Gasteiger partial charge in [-0.2, -0.15) is 0 Å². The summed E-state index contributed by atoms with van der Waals surface area (Å²) in [5.41, 5.74) is 0.0720. The summed E-state index contributed by atoms with van der Waals surface area (Å²) >= 11 is 0. The fourth-order valence-corrected chi connectivity index (χ4v) is 2.91. The van der Waals surface area contributed by atoms with Crippen molar-refractivity contribution in [1.29, 1.82) is 0 Å². The Bertz CT molecular complexity index is 794. The molecule has 1 unspecified atom stereocenters. The predicted molar refractivity (Wildman–Crippen MR) is 91.5 cm³/mol. The summed E-state index contributed by atoms with van der Waals surface area (Å²) in [4.78, 5) is 42.3. The lowest BCUT2D eigenvalue weighted by Crippen LogP contribution is -2.44. The molecule has 7 nitrogen and oxygen atoms in total. The monoisotopic (exact) mass is 338 g/mol. The lowest BCUT2D eigenvalue weighted by molar-refractivity contribution is -0.134. The molecule has 7 heteroatoms. The van der Waals surface area contributed by atoms with Gasteiger partial charge in [0.15, 0.2) is 0 Å². The first-order valence-corrected chi connectivity index (χ1v) is 7.96. The number of benzene rings is 1. The van der Waals surface area contributed by atoms with E-state index in [4.69, 9.17) is 0 Å². The quantitative estimate of drug-likeness (QED) is 0.814. The third kappa shape index (κ3) is 3.08. The molecule has 3 rings (SSSR count). The van der Waals surface area contributed by atoms with Gasteiger partial charge in [0.25, 0.3) is 5.91 Å². The Labute approximate surface area is 145 Å². The van der Waals surface area contributed by atoms with Crippen molar-refractivity contribution in [2.45, 2.75) is 18.9 Å². The fraction of sp³-hybridized carbons (Fsp3) is 0.222. The van der Waals surface area contributed by atoms with Gasteiger partial charge in [0.05, 0.1) is 11.9 Å². The number of aromatic nitrogens is 1. The first kappa shape index (κ1) is 16.6. The van der Waals surface area contributed by atoms with Gasteiger partial charge < -0.3 is 10.6 Å². The molecule has 1 saturated heterocycles. The summed E-state index contributed by atoms with van der Waals surface area (Å²) in [5, 5.41) is 5.37. The molecule has 0 radical (unpaired) electrons. The molecule has 1 aromatic heterocycles. The van der Waals surface area contributed by atoms with Crippen molar-refractivity contribution in [2.75, 3.05) is 11.9 Å². The molecule has 1 aromatic carbocycles. The zero-order valence-corrected chi connectivity index (χ0v) is 13.7. The van der Waals surface area contributed by atoms with Gasteiger partial charge in [0.1, 0.15) is 12.1 Å². The minimum absolute atomic E-state index is 0.353. The Morgan fingerprint density at radius 3 is 2.60 bits per heavy atom. The number of nitrogens with one attached hydrogen (secondary N) is 2. The number of carbonyl (C=O) groups excluding carboxylic acids is 3. The second kappa shape index (κ2) is 6.72. The molecule has 25 heavy (non-hydrogen) atoms. The van der Waals surface area contributed by atoms with Crippen LogP contribution in [0.25, 0.3) is 0 Å². The molecule has 1 atom stereocenters. The van der Waals surface area contributed by atoms with Crippen molar-refractivity contribution >= 4 is 23.5 Å². The van der Waals surface area contributed by atoms with E-state index >= 15 is 0 Å². The Morgan fingerprint density at radius 2 is 1.96 bits per heavy atom. The van der Waals surface area contributed by atoms with E-state index in [1.54, 1.807) is 30.5 Å². The van der Waals surface area contributed by atoms with Gasteiger partial charge in [0.2, 0.25) is 5.91 Å². The predicted octanol–water partition coefficient (Wildman–Crippen LogP) is 1.88. The lowest BCUT2D eigenvalue weighted by Gasteiger charge is -2.25. The Morgan fingerprint density at radius 1 is 1.20 bits per heavy atom. The topological polar surface area (TPSA) is 91.4 Å². The number of imide groups is 1. The van der Waals surface area contributed by atoms with Crippen LogP contribution in [0, 0.1) is 0 Å². The smallest absolute Gasteiger partial charge is 0.323 e. The van der Waals surface area contributed by atoms with Crippen molar-refractivity contribution in [3.05, 3.63) is 60.4 Å². The number of rotatable bonds is 5.